The van der Waals surface area contributed by atoms with Gasteiger partial charge >= 0.3 is 0 Å². The summed E-state index contributed by atoms with van der Waals surface area (Å²) in [6.07, 6.45) is 0. The van der Waals surface area contributed by atoms with Gasteiger partial charge in [0.05, 0.1) is 11.6 Å². The third-order valence-electron chi connectivity index (χ3n) is 2.49. The summed E-state index contributed by atoms with van der Waals surface area (Å²) in [6, 6.07) is 2.41. The molecule has 0 spiro atoms. The summed E-state index contributed by atoms with van der Waals surface area (Å²) in [6.45, 7) is 3.45. The van der Waals surface area contributed by atoms with Gasteiger partial charge in [0, 0.05) is 16.8 Å². The molecule has 1 unspecified atom stereocenters. The molecule has 1 atom stereocenters. The van der Waals surface area contributed by atoms with Crippen molar-refractivity contribution in [3.05, 3.63) is 27.7 Å². The number of thioether (sulfide) groups is 1. The second-order valence-corrected chi connectivity index (χ2v) is 8.03. The smallest absolute Gasteiger partial charge is 0.242 e. The zero-order valence-electron chi connectivity index (χ0n) is 11.2. The minimum absolute atomic E-state index is 0.0371. The van der Waals surface area contributed by atoms with Crippen molar-refractivity contribution in [1.82, 2.24) is 4.72 Å². The summed E-state index contributed by atoms with van der Waals surface area (Å²) in [5, 5.41) is 9.43. The van der Waals surface area contributed by atoms with Gasteiger partial charge in [-0.05, 0) is 30.4 Å². The molecule has 1 rings (SSSR count). The quantitative estimate of drug-likeness (QED) is 0.787. The number of rotatable bonds is 7. The molecule has 0 saturated carbocycles. The molecular weight excluding hydrogens is 341 g/mol. The summed E-state index contributed by atoms with van der Waals surface area (Å²) in [7, 11) is -3.73. The molecule has 0 aliphatic heterocycles. The van der Waals surface area contributed by atoms with Crippen LogP contribution in [0, 0.1) is 0 Å². The summed E-state index contributed by atoms with van der Waals surface area (Å²) < 4.78 is 27.1. The Balaban J connectivity index is 3.03. The Morgan fingerprint density at radius 1 is 1.35 bits per heavy atom. The van der Waals surface area contributed by atoms with Crippen molar-refractivity contribution in [2.45, 2.75) is 31.4 Å². The predicted molar refractivity (Wildman–Crippen MR) is 85.2 cm³/mol. The molecule has 1 aromatic carbocycles. The molecule has 0 amide bonds. The lowest BCUT2D eigenvalue weighted by Crippen LogP contribution is -2.34. The van der Waals surface area contributed by atoms with E-state index in [1.165, 1.54) is 12.1 Å². The van der Waals surface area contributed by atoms with E-state index in [-0.39, 0.29) is 27.6 Å². The fourth-order valence-corrected chi connectivity index (χ4v) is 4.43. The van der Waals surface area contributed by atoms with Gasteiger partial charge in [0.2, 0.25) is 10.0 Å². The van der Waals surface area contributed by atoms with E-state index < -0.39 is 10.0 Å². The van der Waals surface area contributed by atoms with E-state index in [0.717, 1.165) is 5.75 Å². The molecule has 0 aliphatic carbocycles. The summed E-state index contributed by atoms with van der Waals surface area (Å²) in [5.41, 5.74) is 0.326. The fraction of sp³-hybridized carbons (Fsp3) is 0.500. The molecule has 2 N–H and O–H groups in total. The number of benzene rings is 1. The van der Waals surface area contributed by atoms with Gasteiger partial charge in [-0.1, -0.05) is 30.1 Å². The molecule has 0 fully saturated rings. The van der Waals surface area contributed by atoms with Gasteiger partial charge in [-0.25, -0.2) is 13.1 Å². The molecule has 8 heteroatoms. The van der Waals surface area contributed by atoms with E-state index in [1.807, 2.05) is 6.92 Å². The Morgan fingerprint density at radius 2 is 2.00 bits per heavy atom. The van der Waals surface area contributed by atoms with Gasteiger partial charge < -0.3 is 5.11 Å². The molecule has 20 heavy (non-hydrogen) atoms. The van der Waals surface area contributed by atoms with E-state index in [9.17, 15) is 8.42 Å². The Kier molecular flexibility index (Phi) is 7.11. The van der Waals surface area contributed by atoms with E-state index in [0.29, 0.717) is 11.3 Å². The van der Waals surface area contributed by atoms with Crippen molar-refractivity contribution in [1.29, 1.82) is 0 Å². The van der Waals surface area contributed by atoms with Crippen molar-refractivity contribution in [3.8, 4) is 0 Å². The van der Waals surface area contributed by atoms with Crippen LogP contribution in [0.2, 0.25) is 10.0 Å². The van der Waals surface area contributed by atoms with Crippen LogP contribution in [0.3, 0.4) is 0 Å². The number of aliphatic hydroxyl groups is 1. The van der Waals surface area contributed by atoms with Crippen molar-refractivity contribution in [2.75, 3.05) is 11.5 Å². The van der Waals surface area contributed by atoms with Gasteiger partial charge in [-0.15, -0.1) is 0 Å². The predicted octanol–water partition coefficient (Wildman–Crippen LogP) is 2.91. The molecule has 0 radical (unpaired) electrons. The summed E-state index contributed by atoms with van der Waals surface area (Å²) in [5.74, 6) is 1.59. The first-order valence-electron chi connectivity index (χ1n) is 6.00. The highest BCUT2D eigenvalue weighted by Crippen LogP contribution is 2.28. The first-order chi connectivity index (χ1) is 9.31. The number of hydrogen-bond acceptors (Lipinski definition) is 4. The molecule has 0 heterocycles. The zero-order chi connectivity index (χ0) is 15.3. The van der Waals surface area contributed by atoms with Gasteiger partial charge in [-0.2, -0.15) is 11.8 Å². The molecule has 4 nitrogen and oxygen atoms in total. The topological polar surface area (TPSA) is 66.4 Å². The number of sulfonamides is 1. The third-order valence-corrected chi connectivity index (χ3v) is 6.04. The second kappa shape index (κ2) is 7.87. The maximum absolute atomic E-state index is 12.3. The maximum Gasteiger partial charge on any atom is 0.242 e. The Hall–Kier alpha value is 0.0200. The van der Waals surface area contributed by atoms with Crippen LogP contribution in [-0.4, -0.2) is 31.1 Å². The molecule has 0 aliphatic rings. The minimum Gasteiger partial charge on any atom is -0.392 e. The van der Waals surface area contributed by atoms with Crippen molar-refractivity contribution >= 4 is 45.0 Å². The molecule has 0 bridgehead atoms. The van der Waals surface area contributed by atoms with Crippen molar-refractivity contribution in [2.24, 2.45) is 0 Å². The fourth-order valence-electron chi connectivity index (χ4n) is 1.56. The number of nitrogens with one attached hydrogen (secondary N) is 1. The lowest BCUT2D eigenvalue weighted by atomic mass is 10.2. The Labute approximate surface area is 133 Å². The molecule has 114 valence electrons. The van der Waals surface area contributed by atoms with Gasteiger partial charge in [0.15, 0.2) is 0 Å². The van der Waals surface area contributed by atoms with E-state index in [1.54, 1.807) is 18.7 Å². The van der Waals surface area contributed by atoms with Gasteiger partial charge in [0.1, 0.15) is 4.90 Å². The largest absolute Gasteiger partial charge is 0.392 e. The lowest BCUT2D eigenvalue weighted by molar-refractivity contribution is 0.281. The first kappa shape index (κ1) is 18.1. The van der Waals surface area contributed by atoms with E-state index >= 15 is 0 Å². The van der Waals surface area contributed by atoms with Crippen LogP contribution < -0.4 is 4.72 Å². The zero-order valence-corrected chi connectivity index (χ0v) is 14.3. The highest BCUT2D eigenvalue weighted by atomic mass is 35.5. The average Bonchev–Trinajstić information content (AvgIpc) is 2.35. The van der Waals surface area contributed by atoms with Crippen molar-refractivity contribution in [3.63, 3.8) is 0 Å². The van der Waals surface area contributed by atoms with Crippen LogP contribution in [0.1, 0.15) is 19.4 Å². The minimum atomic E-state index is -3.73. The Morgan fingerprint density at radius 3 is 2.55 bits per heavy atom. The van der Waals surface area contributed by atoms with Crippen LogP contribution in [-0.2, 0) is 16.6 Å². The van der Waals surface area contributed by atoms with Crippen molar-refractivity contribution < 1.29 is 13.5 Å². The number of hydrogen-bond donors (Lipinski definition) is 2. The molecular formula is C12H17Cl2NO3S2. The normalized spacial score (nSPS) is 13.4. The molecule has 1 aromatic rings. The van der Waals surface area contributed by atoms with Crippen LogP contribution >= 0.6 is 35.0 Å². The van der Waals surface area contributed by atoms with Crippen LogP contribution in [0.5, 0.6) is 0 Å². The number of halogens is 2. The van der Waals surface area contributed by atoms with Crippen LogP contribution in [0.25, 0.3) is 0 Å². The van der Waals surface area contributed by atoms with Crippen LogP contribution in [0.15, 0.2) is 17.0 Å². The first-order valence-corrected chi connectivity index (χ1v) is 9.40. The van der Waals surface area contributed by atoms with Gasteiger partial charge in [-0.3, -0.25) is 0 Å². The SMILES string of the molecule is CCSCC(C)NS(=O)(=O)c1cc(CO)c(Cl)cc1Cl. The number of aliphatic hydroxyl groups excluding tert-OH is 1. The molecule has 0 aromatic heterocycles. The maximum atomic E-state index is 12.3. The standard InChI is InChI=1S/C12H17Cl2NO3S2/c1-3-19-7-8(2)15-20(17,18)12-4-9(6-16)10(13)5-11(12)14/h4-5,8,15-16H,3,6-7H2,1-2H3. The van der Waals surface area contributed by atoms with E-state index in [4.69, 9.17) is 28.3 Å². The highest BCUT2D eigenvalue weighted by Gasteiger charge is 2.22. The van der Waals surface area contributed by atoms with E-state index in [2.05, 4.69) is 4.72 Å². The Bertz CT molecular complexity index is 564. The summed E-state index contributed by atoms with van der Waals surface area (Å²) in [4.78, 5) is -0.0686. The van der Waals surface area contributed by atoms with Gasteiger partial charge in [0.25, 0.3) is 0 Å². The second-order valence-electron chi connectivity index (χ2n) is 4.21. The highest BCUT2D eigenvalue weighted by molar-refractivity contribution is 7.99. The van der Waals surface area contributed by atoms with Crippen LogP contribution in [0.4, 0.5) is 0 Å². The summed E-state index contributed by atoms with van der Waals surface area (Å²) >= 11 is 13.4. The average molecular weight is 358 g/mol. The molecule has 0 saturated heterocycles. The third kappa shape index (κ3) is 4.79. The monoisotopic (exact) mass is 357 g/mol. The lowest BCUT2D eigenvalue weighted by Gasteiger charge is -2.15.